The number of rotatable bonds is 2. The SMILES string of the molecule is Cn1nc(Br)cc1CCBr. The van der Waals surface area contributed by atoms with Gasteiger partial charge in [0.15, 0.2) is 0 Å². The van der Waals surface area contributed by atoms with Gasteiger partial charge in [0.05, 0.1) is 0 Å². The van der Waals surface area contributed by atoms with Gasteiger partial charge in [0.2, 0.25) is 0 Å². The molecule has 0 unspecified atom stereocenters. The molecular formula is C6H8Br2N2. The van der Waals surface area contributed by atoms with Crippen molar-refractivity contribution in [2.75, 3.05) is 5.33 Å². The summed E-state index contributed by atoms with van der Waals surface area (Å²) < 4.78 is 2.79. The van der Waals surface area contributed by atoms with Crippen LogP contribution in [0.25, 0.3) is 0 Å². The van der Waals surface area contributed by atoms with E-state index in [1.165, 1.54) is 5.69 Å². The molecule has 0 saturated heterocycles. The summed E-state index contributed by atoms with van der Waals surface area (Å²) in [5.74, 6) is 0. The summed E-state index contributed by atoms with van der Waals surface area (Å²) in [7, 11) is 1.95. The first-order valence-electron chi connectivity index (χ1n) is 2.98. The van der Waals surface area contributed by atoms with Crippen LogP contribution in [0.2, 0.25) is 0 Å². The summed E-state index contributed by atoms with van der Waals surface area (Å²) in [6, 6.07) is 2.03. The number of aryl methyl sites for hydroxylation is 2. The lowest BCUT2D eigenvalue weighted by molar-refractivity contribution is 0.715. The van der Waals surface area contributed by atoms with Gasteiger partial charge in [-0.05, 0) is 28.4 Å². The van der Waals surface area contributed by atoms with E-state index in [9.17, 15) is 0 Å². The van der Waals surface area contributed by atoms with Gasteiger partial charge in [-0.1, -0.05) is 15.9 Å². The van der Waals surface area contributed by atoms with Crippen molar-refractivity contribution < 1.29 is 0 Å². The van der Waals surface area contributed by atoms with Gasteiger partial charge in [-0.25, -0.2) is 0 Å². The third kappa shape index (κ3) is 1.83. The highest BCUT2D eigenvalue weighted by molar-refractivity contribution is 9.10. The minimum Gasteiger partial charge on any atom is -0.271 e. The summed E-state index contributed by atoms with van der Waals surface area (Å²) in [6.45, 7) is 0. The van der Waals surface area contributed by atoms with Crippen molar-refractivity contribution in [1.82, 2.24) is 9.78 Å². The van der Waals surface area contributed by atoms with Crippen molar-refractivity contribution >= 4 is 31.9 Å². The number of alkyl halides is 1. The van der Waals surface area contributed by atoms with Crippen LogP contribution < -0.4 is 0 Å². The highest BCUT2D eigenvalue weighted by Crippen LogP contribution is 2.10. The van der Waals surface area contributed by atoms with Crippen LogP contribution in [-0.4, -0.2) is 15.1 Å². The molecule has 1 aromatic heterocycles. The van der Waals surface area contributed by atoms with Crippen LogP contribution in [0.5, 0.6) is 0 Å². The topological polar surface area (TPSA) is 17.8 Å². The van der Waals surface area contributed by atoms with Gasteiger partial charge in [0.1, 0.15) is 4.60 Å². The van der Waals surface area contributed by atoms with Gasteiger partial charge < -0.3 is 0 Å². The van der Waals surface area contributed by atoms with E-state index < -0.39 is 0 Å². The maximum Gasteiger partial charge on any atom is 0.128 e. The molecule has 1 aromatic rings. The zero-order valence-corrected chi connectivity index (χ0v) is 8.81. The molecule has 0 spiro atoms. The van der Waals surface area contributed by atoms with Gasteiger partial charge in [0.25, 0.3) is 0 Å². The molecule has 0 aliphatic carbocycles. The quantitative estimate of drug-likeness (QED) is 0.751. The van der Waals surface area contributed by atoms with E-state index in [0.29, 0.717) is 0 Å². The molecule has 1 rings (SSSR count). The molecule has 0 bridgehead atoms. The van der Waals surface area contributed by atoms with E-state index in [1.54, 1.807) is 0 Å². The monoisotopic (exact) mass is 266 g/mol. The molecule has 0 fully saturated rings. The molecule has 0 amide bonds. The van der Waals surface area contributed by atoms with Gasteiger partial charge in [-0.2, -0.15) is 5.10 Å². The first kappa shape index (κ1) is 8.27. The molecule has 4 heteroatoms. The third-order valence-electron chi connectivity index (χ3n) is 1.30. The Hall–Kier alpha value is 0.170. The average Bonchev–Trinajstić information content (AvgIpc) is 2.13. The van der Waals surface area contributed by atoms with Crippen LogP contribution in [0.15, 0.2) is 10.7 Å². The zero-order valence-electron chi connectivity index (χ0n) is 5.64. The van der Waals surface area contributed by atoms with Crippen molar-refractivity contribution in [2.24, 2.45) is 7.05 Å². The molecule has 10 heavy (non-hydrogen) atoms. The summed E-state index contributed by atoms with van der Waals surface area (Å²) >= 11 is 6.68. The predicted octanol–water partition coefficient (Wildman–Crippen LogP) is 2.12. The molecule has 0 atom stereocenters. The Kier molecular flexibility index (Phi) is 2.92. The zero-order chi connectivity index (χ0) is 7.56. The van der Waals surface area contributed by atoms with Crippen LogP contribution in [0.3, 0.4) is 0 Å². The fourth-order valence-electron chi connectivity index (χ4n) is 0.798. The Labute approximate surface area is 76.9 Å². The highest BCUT2D eigenvalue weighted by atomic mass is 79.9. The minimum absolute atomic E-state index is 0.908. The van der Waals surface area contributed by atoms with E-state index in [-0.39, 0.29) is 0 Å². The van der Waals surface area contributed by atoms with Crippen LogP contribution in [-0.2, 0) is 13.5 Å². The van der Waals surface area contributed by atoms with E-state index in [0.717, 1.165) is 16.4 Å². The van der Waals surface area contributed by atoms with E-state index >= 15 is 0 Å². The molecule has 56 valence electrons. The molecular weight excluding hydrogens is 260 g/mol. The van der Waals surface area contributed by atoms with E-state index in [1.807, 2.05) is 17.8 Å². The van der Waals surface area contributed by atoms with Crippen molar-refractivity contribution in [3.05, 3.63) is 16.4 Å². The second-order valence-electron chi connectivity index (χ2n) is 2.02. The molecule has 0 radical (unpaired) electrons. The normalized spacial score (nSPS) is 10.3. The summed E-state index contributed by atoms with van der Waals surface area (Å²) in [6.07, 6.45) is 1.02. The first-order valence-corrected chi connectivity index (χ1v) is 4.90. The summed E-state index contributed by atoms with van der Waals surface area (Å²) in [5.41, 5.74) is 1.24. The summed E-state index contributed by atoms with van der Waals surface area (Å²) in [5, 5.41) is 5.13. The largest absolute Gasteiger partial charge is 0.271 e. The molecule has 0 aliphatic rings. The van der Waals surface area contributed by atoms with Crippen LogP contribution >= 0.6 is 31.9 Å². The third-order valence-corrected chi connectivity index (χ3v) is 2.08. The number of hydrogen-bond donors (Lipinski definition) is 0. The van der Waals surface area contributed by atoms with Crippen LogP contribution in [0.4, 0.5) is 0 Å². The maximum atomic E-state index is 4.14. The lowest BCUT2D eigenvalue weighted by atomic mass is 10.3. The fraction of sp³-hybridized carbons (Fsp3) is 0.500. The second kappa shape index (κ2) is 3.53. The first-order chi connectivity index (χ1) is 4.74. The van der Waals surface area contributed by atoms with Crippen molar-refractivity contribution in [3.63, 3.8) is 0 Å². The van der Waals surface area contributed by atoms with Gasteiger partial charge in [-0.15, -0.1) is 0 Å². The van der Waals surface area contributed by atoms with Crippen LogP contribution in [0, 0.1) is 0 Å². The number of hydrogen-bond acceptors (Lipinski definition) is 1. The standard InChI is InChI=1S/C6H8Br2N2/c1-10-5(2-3-7)4-6(8)9-10/h4H,2-3H2,1H3. The smallest absolute Gasteiger partial charge is 0.128 e. The molecule has 0 saturated carbocycles. The Morgan fingerprint density at radius 3 is 2.80 bits per heavy atom. The molecule has 2 nitrogen and oxygen atoms in total. The Bertz CT molecular complexity index is 220. The van der Waals surface area contributed by atoms with Crippen molar-refractivity contribution in [1.29, 1.82) is 0 Å². The molecule has 0 N–H and O–H groups in total. The molecule has 0 aromatic carbocycles. The minimum atomic E-state index is 0.908. The van der Waals surface area contributed by atoms with Gasteiger partial charge >= 0.3 is 0 Å². The lowest BCUT2D eigenvalue weighted by Crippen LogP contribution is -1.97. The lowest BCUT2D eigenvalue weighted by Gasteiger charge is -1.95. The summed E-state index contributed by atoms with van der Waals surface area (Å²) in [4.78, 5) is 0. The van der Waals surface area contributed by atoms with E-state index in [2.05, 4.69) is 37.0 Å². The maximum absolute atomic E-state index is 4.14. The van der Waals surface area contributed by atoms with E-state index in [4.69, 9.17) is 0 Å². The highest BCUT2D eigenvalue weighted by Gasteiger charge is 1.99. The van der Waals surface area contributed by atoms with Gasteiger partial charge in [0, 0.05) is 18.1 Å². The average molecular weight is 268 g/mol. The van der Waals surface area contributed by atoms with Crippen molar-refractivity contribution in [3.8, 4) is 0 Å². The predicted molar refractivity (Wildman–Crippen MR) is 48.4 cm³/mol. The number of aromatic nitrogens is 2. The van der Waals surface area contributed by atoms with Crippen molar-refractivity contribution in [2.45, 2.75) is 6.42 Å². The number of nitrogens with zero attached hydrogens (tertiary/aromatic N) is 2. The number of halogens is 2. The van der Waals surface area contributed by atoms with Gasteiger partial charge in [-0.3, -0.25) is 4.68 Å². The molecule has 0 aliphatic heterocycles. The Morgan fingerprint density at radius 2 is 2.40 bits per heavy atom. The Balaban J connectivity index is 2.81. The van der Waals surface area contributed by atoms with Crippen LogP contribution in [0.1, 0.15) is 5.69 Å². The Morgan fingerprint density at radius 1 is 1.70 bits per heavy atom. The molecule has 1 heterocycles. The second-order valence-corrected chi connectivity index (χ2v) is 3.63. The fourth-order valence-corrected chi connectivity index (χ4v) is 1.71.